The molecule has 0 spiro atoms. The number of aromatic nitrogens is 2. The van der Waals surface area contributed by atoms with E-state index in [1.807, 2.05) is 6.92 Å². The lowest BCUT2D eigenvalue weighted by Gasteiger charge is -2.28. The van der Waals surface area contributed by atoms with Crippen LogP contribution in [0.4, 0.5) is 5.69 Å². The largest absolute Gasteiger partial charge is 0.382 e. The van der Waals surface area contributed by atoms with Crippen molar-refractivity contribution >= 4 is 16.7 Å². The van der Waals surface area contributed by atoms with E-state index in [1.54, 1.807) is 0 Å². The van der Waals surface area contributed by atoms with Gasteiger partial charge in [0.05, 0.1) is 17.1 Å². The number of anilines is 1. The first kappa shape index (κ1) is 11.5. The van der Waals surface area contributed by atoms with Gasteiger partial charge in [-0.15, -0.1) is 0 Å². The number of hydrogen-bond donors (Lipinski definition) is 2. The summed E-state index contributed by atoms with van der Waals surface area (Å²) in [7, 11) is 0. The molecule has 1 saturated heterocycles. The quantitative estimate of drug-likeness (QED) is 0.855. The van der Waals surface area contributed by atoms with Crippen LogP contribution in [-0.2, 0) is 4.74 Å². The summed E-state index contributed by atoms with van der Waals surface area (Å²) in [5.41, 5.74) is 3.28. The molecule has 2 heterocycles. The number of benzene rings is 1. The lowest BCUT2D eigenvalue weighted by Crippen LogP contribution is -2.32. The van der Waals surface area contributed by atoms with E-state index in [4.69, 9.17) is 4.74 Å². The number of rotatable bonds is 2. The number of aryl methyl sites for hydroxylation is 1. The Labute approximate surface area is 107 Å². The summed E-state index contributed by atoms with van der Waals surface area (Å²) >= 11 is 0. The third kappa shape index (κ3) is 2.34. The van der Waals surface area contributed by atoms with Gasteiger partial charge < -0.3 is 15.0 Å². The summed E-state index contributed by atoms with van der Waals surface area (Å²) < 4.78 is 5.56. The topological polar surface area (TPSA) is 49.9 Å². The summed E-state index contributed by atoms with van der Waals surface area (Å²) in [5.74, 6) is 0.960. The van der Waals surface area contributed by atoms with Crippen LogP contribution in [0.1, 0.15) is 25.6 Å². The van der Waals surface area contributed by atoms with Gasteiger partial charge in [-0.25, -0.2) is 4.98 Å². The van der Waals surface area contributed by atoms with Crippen LogP contribution in [0.25, 0.3) is 11.0 Å². The Balaban J connectivity index is 1.77. The molecule has 2 atom stereocenters. The number of imidazole rings is 1. The average molecular weight is 245 g/mol. The van der Waals surface area contributed by atoms with Gasteiger partial charge in [0.25, 0.3) is 0 Å². The van der Waals surface area contributed by atoms with Crippen molar-refractivity contribution < 1.29 is 4.74 Å². The van der Waals surface area contributed by atoms with Crippen molar-refractivity contribution in [2.45, 2.75) is 38.8 Å². The molecule has 96 valence electrons. The van der Waals surface area contributed by atoms with Crippen molar-refractivity contribution in [2.24, 2.45) is 0 Å². The monoisotopic (exact) mass is 245 g/mol. The van der Waals surface area contributed by atoms with Crippen molar-refractivity contribution in [2.75, 3.05) is 11.9 Å². The van der Waals surface area contributed by atoms with Gasteiger partial charge >= 0.3 is 0 Å². The maximum Gasteiger partial charge on any atom is 0.104 e. The number of nitrogens with zero attached hydrogens (tertiary/aromatic N) is 1. The standard InChI is InChI=1S/C14H19N3O/c1-9-7-12(5-6-18-9)17-11-3-4-13-14(8-11)16-10(2)15-13/h3-4,8-9,12,17H,5-7H2,1-2H3,(H,15,16). The third-order valence-corrected chi connectivity index (χ3v) is 3.46. The molecule has 2 unspecified atom stereocenters. The van der Waals surface area contributed by atoms with Crippen molar-refractivity contribution in [3.05, 3.63) is 24.0 Å². The molecular weight excluding hydrogens is 226 g/mol. The molecule has 0 aliphatic carbocycles. The molecule has 1 fully saturated rings. The SMILES string of the molecule is Cc1nc2ccc(NC3CCOC(C)C3)cc2[nH]1. The zero-order valence-electron chi connectivity index (χ0n) is 10.9. The molecule has 1 aliphatic rings. The first-order valence-electron chi connectivity index (χ1n) is 6.55. The highest BCUT2D eigenvalue weighted by Gasteiger charge is 2.19. The maximum absolute atomic E-state index is 5.56. The number of hydrogen-bond acceptors (Lipinski definition) is 3. The second kappa shape index (κ2) is 4.61. The number of fused-ring (bicyclic) bond motifs is 1. The van der Waals surface area contributed by atoms with E-state index in [2.05, 4.69) is 40.4 Å². The molecule has 1 aromatic carbocycles. The summed E-state index contributed by atoms with van der Waals surface area (Å²) in [6, 6.07) is 6.80. The van der Waals surface area contributed by atoms with E-state index in [1.165, 1.54) is 0 Å². The van der Waals surface area contributed by atoms with E-state index in [-0.39, 0.29) is 0 Å². The van der Waals surface area contributed by atoms with Crippen LogP contribution in [0.5, 0.6) is 0 Å². The average Bonchev–Trinajstić information content (AvgIpc) is 2.68. The number of aromatic amines is 1. The number of H-pyrrole nitrogens is 1. The molecule has 2 N–H and O–H groups in total. The second-order valence-electron chi connectivity index (χ2n) is 5.10. The molecule has 0 saturated carbocycles. The first-order valence-corrected chi connectivity index (χ1v) is 6.55. The fourth-order valence-corrected chi connectivity index (χ4v) is 2.59. The first-order chi connectivity index (χ1) is 8.70. The molecule has 0 radical (unpaired) electrons. The molecule has 1 aliphatic heterocycles. The Hall–Kier alpha value is -1.55. The van der Waals surface area contributed by atoms with Crippen LogP contribution >= 0.6 is 0 Å². The minimum atomic E-state index is 0.356. The molecule has 2 aromatic rings. The molecule has 0 bridgehead atoms. The van der Waals surface area contributed by atoms with E-state index in [9.17, 15) is 0 Å². The Kier molecular flexibility index (Phi) is 2.96. The summed E-state index contributed by atoms with van der Waals surface area (Å²) in [6.45, 7) is 4.97. The van der Waals surface area contributed by atoms with Gasteiger partial charge in [0.2, 0.25) is 0 Å². The highest BCUT2D eigenvalue weighted by Crippen LogP contribution is 2.21. The van der Waals surface area contributed by atoms with Crippen LogP contribution in [-0.4, -0.2) is 28.7 Å². The summed E-state index contributed by atoms with van der Waals surface area (Å²) in [4.78, 5) is 7.68. The van der Waals surface area contributed by atoms with Crippen LogP contribution in [0, 0.1) is 6.92 Å². The normalized spacial score (nSPS) is 24.3. The predicted octanol–water partition coefficient (Wildman–Crippen LogP) is 2.85. The van der Waals surface area contributed by atoms with Gasteiger partial charge in [-0.3, -0.25) is 0 Å². The highest BCUT2D eigenvalue weighted by atomic mass is 16.5. The third-order valence-electron chi connectivity index (χ3n) is 3.46. The van der Waals surface area contributed by atoms with Gasteiger partial charge in [0.15, 0.2) is 0 Å². The molecule has 1 aromatic heterocycles. The molecule has 18 heavy (non-hydrogen) atoms. The van der Waals surface area contributed by atoms with Crippen molar-refractivity contribution in [1.82, 2.24) is 9.97 Å². The summed E-state index contributed by atoms with van der Waals surface area (Å²) in [6.07, 6.45) is 2.50. The van der Waals surface area contributed by atoms with Crippen LogP contribution in [0.3, 0.4) is 0 Å². The van der Waals surface area contributed by atoms with E-state index in [0.29, 0.717) is 12.1 Å². The highest BCUT2D eigenvalue weighted by molar-refractivity contribution is 5.79. The van der Waals surface area contributed by atoms with Crippen molar-refractivity contribution in [3.63, 3.8) is 0 Å². The molecule has 4 nitrogen and oxygen atoms in total. The van der Waals surface area contributed by atoms with E-state index in [0.717, 1.165) is 42.0 Å². The van der Waals surface area contributed by atoms with Crippen molar-refractivity contribution in [1.29, 1.82) is 0 Å². The lowest BCUT2D eigenvalue weighted by molar-refractivity contribution is 0.0232. The van der Waals surface area contributed by atoms with Crippen LogP contribution in [0.2, 0.25) is 0 Å². The Morgan fingerprint density at radius 3 is 3.17 bits per heavy atom. The van der Waals surface area contributed by atoms with Gasteiger partial charge in [-0.2, -0.15) is 0 Å². The van der Waals surface area contributed by atoms with Crippen molar-refractivity contribution in [3.8, 4) is 0 Å². The molecule has 4 heteroatoms. The number of ether oxygens (including phenoxy) is 1. The zero-order valence-corrected chi connectivity index (χ0v) is 10.9. The van der Waals surface area contributed by atoms with Crippen LogP contribution in [0.15, 0.2) is 18.2 Å². The number of nitrogens with one attached hydrogen (secondary N) is 2. The predicted molar refractivity (Wildman–Crippen MR) is 72.9 cm³/mol. The minimum Gasteiger partial charge on any atom is -0.382 e. The van der Waals surface area contributed by atoms with Gasteiger partial charge in [0, 0.05) is 18.3 Å². The van der Waals surface area contributed by atoms with Gasteiger partial charge in [-0.05, 0) is 44.9 Å². The zero-order chi connectivity index (χ0) is 12.5. The summed E-state index contributed by atoms with van der Waals surface area (Å²) in [5, 5.41) is 3.58. The smallest absolute Gasteiger partial charge is 0.104 e. The Morgan fingerprint density at radius 2 is 2.33 bits per heavy atom. The van der Waals surface area contributed by atoms with E-state index < -0.39 is 0 Å². The Morgan fingerprint density at radius 1 is 1.44 bits per heavy atom. The molecule has 3 rings (SSSR count). The molecule has 0 amide bonds. The maximum atomic E-state index is 5.56. The second-order valence-corrected chi connectivity index (χ2v) is 5.10. The minimum absolute atomic E-state index is 0.356. The lowest BCUT2D eigenvalue weighted by atomic mass is 10.0. The van der Waals surface area contributed by atoms with Gasteiger partial charge in [-0.1, -0.05) is 0 Å². The fourth-order valence-electron chi connectivity index (χ4n) is 2.59. The molecular formula is C14H19N3O. The fraction of sp³-hybridized carbons (Fsp3) is 0.500. The van der Waals surface area contributed by atoms with E-state index >= 15 is 0 Å². The van der Waals surface area contributed by atoms with Gasteiger partial charge in [0.1, 0.15) is 5.82 Å². The van der Waals surface area contributed by atoms with Crippen LogP contribution < -0.4 is 5.32 Å². The Bertz CT molecular complexity index is 549.